The number of rotatable bonds is 5. The van der Waals surface area contributed by atoms with Crippen LogP contribution in [0.1, 0.15) is 39.9 Å². The largest absolute Gasteiger partial charge is 0.361 e. The molecule has 0 radical (unpaired) electrons. The van der Waals surface area contributed by atoms with Crippen molar-refractivity contribution in [3.8, 4) is 0 Å². The van der Waals surface area contributed by atoms with Crippen LogP contribution in [0.5, 0.6) is 0 Å². The molecule has 0 fully saturated rings. The highest BCUT2D eigenvalue weighted by molar-refractivity contribution is 6.29. The Morgan fingerprint density at radius 1 is 1.37 bits per heavy atom. The number of carbonyl (C=O) groups excluding carboxylic acids is 1. The minimum absolute atomic E-state index is 0.0840. The van der Waals surface area contributed by atoms with Crippen LogP contribution in [0.25, 0.3) is 0 Å². The summed E-state index contributed by atoms with van der Waals surface area (Å²) in [5.41, 5.74) is -0.241. The molecule has 1 aromatic heterocycles. The Labute approximate surface area is 119 Å². The van der Waals surface area contributed by atoms with Crippen LogP contribution >= 0.6 is 11.6 Å². The number of hydrogen-bond acceptors (Lipinski definition) is 4. The Hall–Kier alpha value is -1.36. The highest BCUT2D eigenvalue weighted by Gasteiger charge is 2.13. The van der Waals surface area contributed by atoms with Crippen LogP contribution in [0.4, 0.5) is 5.82 Å². The van der Waals surface area contributed by atoms with E-state index in [0.717, 1.165) is 12.8 Å². The smallest absolute Gasteiger partial charge is 0.239 e. The first-order chi connectivity index (χ1) is 8.80. The second kappa shape index (κ2) is 6.70. The van der Waals surface area contributed by atoms with Crippen molar-refractivity contribution in [1.29, 1.82) is 0 Å². The van der Waals surface area contributed by atoms with Gasteiger partial charge in [-0.05, 0) is 27.2 Å². The molecule has 0 bridgehead atoms. The fourth-order valence-electron chi connectivity index (χ4n) is 1.52. The van der Waals surface area contributed by atoms with Gasteiger partial charge in [0.15, 0.2) is 0 Å². The topological polar surface area (TPSA) is 66.9 Å². The molecule has 1 heterocycles. The third-order valence-electron chi connectivity index (χ3n) is 2.16. The fraction of sp³-hybridized carbons (Fsp3) is 0.615. The van der Waals surface area contributed by atoms with Gasteiger partial charge in [-0.3, -0.25) is 4.79 Å². The molecular weight excluding hydrogens is 264 g/mol. The zero-order valence-electron chi connectivity index (χ0n) is 11.9. The van der Waals surface area contributed by atoms with Gasteiger partial charge in [0.2, 0.25) is 5.91 Å². The third-order valence-corrected chi connectivity index (χ3v) is 2.35. The molecule has 5 nitrogen and oxygen atoms in total. The Morgan fingerprint density at radius 2 is 2.05 bits per heavy atom. The van der Waals surface area contributed by atoms with Crippen LogP contribution in [0, 0.1) is 0 Å². The summed E-state index contributed by atoms with van der Waals surface area (Å²) in [6.07, 6.45) is 1.72. The minimum atomic E-state index is -0.241. The van der Waals surface area contributed by atoms with Crippen molar-refractivity contribution in [1.82, 2.24) is 15.3 Å². The lowest BCUT2D eigenvalue weighted by molar-refractivity contribution is -0.120. The van der Waals surface area contributed by atoms with Crippen LogP contribution in [0.15, 0.2) is 6.07 Å². The first-order valence-electron chi connectivity index (χ1n) is 6.38. The summed E-state index contributed by atoms with van der Waals surface area (Å²) in [6.45, 7) is 8.02. The summed E-state index contributed by atoms with van der Waals surface area (Å²) < 4.78 is 0. The van der Waals surface area contributed by atoms with Gasteiger partial charge in [0.05, 0.1) is 6.54 Å². The van der Waals surface area contributed by atoms with Gasteiger partial charge in [0.25, 0.3) is 0 Å². The Bertz CT molecular complexity index is 443. The van der Waals surface area contributed by atoms with Gasteiger partial charge in [0, 0.05) is 18.0 Å². The summed E-state index contributed by atoms with van der Waals surface area (Å²) in [5, 5.41) is 6.21. The van der Waals surface area contributed by atoms with Crippen LogP contribution < -0.4 is 10.6 Å². The van der Waals surface area contributed by atoms with Crippen molar-refractivity contribution in [3.63, 3.8) is 0 Å². The highest BCUT2D eigenvalue weighted by Crippen LogP contribution is 2.12. The quantitative estimate of drug-likeness (QED) is 0.815. The lowest BCUT2D eigenvalue weighted by Gasteiger charge is -2.20. The van der Waals surface area contributed by atoms with E-state index in [4.69, 9.17) is 11.6 Å². The summed E-state index contributed by atoms with van der Waals surface area (Å²) in [7, 11) is 0. The van der Waals surface area contributed by atoms with Gasteiger partial charge in [-0.15, -0.1) is 0 Å². The van der Waals surface area contributed by atoms with Gasteiger partial charge < -0.3 is 10.6 Å². The van der Waals surface area contributed by atoms with Gasteiger partial charge >= 0.3 is 0 Å². The summed E-state index contributed by atoms with van der Waals surface area (Å²) in [5.74, 6) is 1.18. The average molecular weight is 285 g/mol. The lowest BCUT2D eigenvalue weighted by atomic mass is 10.1. The van der Waals surface area contributed by atoms with Crippen LogP contribution in [-0.4, -0.2) is 28.0 Å². The van der Waals surface area contributed by atoms with Crippen LogP contribution in [0.2, 0.25) is 5.15 Å². The standard InChI is InChI=1S/C13H21ClN4O/c1-5-6-10-16-9(14)7-11(17-10)15-8-12(19)18-13(2,3)4/h7H,5-6,8H2,1-4H3,(H,18,19)(H,15,16,17). The molecule has 19 heavy (non-hydrogen) atoms. The van der Waals surface area contributed by atoms with E-state index in [1.54, 1.807) is 6.07 Å². The molecule has 0 saturated heterocycles. The van der Waals surface area contributed by atoms with Gasteiger partial charge in [0.1, 0.15) is 16.8 Å². The Balaban J connectivity index is 2.60. The molecule has 6 heteroatoms. The van der Waals surface area contributed by atoms with E-state index in [0.29, 0.717) is 16.8 Å². The molecule has 0 unspecified atom stereocenters. The average Bonchev–Trinajstić information content (AvgIpc) is 2.24. The van der Waals surface area contributed by atoms with E-state index >= 15 is 0 Å². The maximum absolute atomic E-state index is 11.7. The maximum atomic E-state index is 11.7. The van der Waals surface area contributed by atoms with E-state index in [2.05, 4.69) is 20.6 Å². The summed E-state index contributed by atoms with van der Waals surface area (Å²) in [6, 6.07) is 1.62. The van der Waals surface area contributed by atoms with Gasteiger partial charge in [-0.1, -0.05) is 18.5 Å². The van der Waals surface area contributed by atoms with E-state index < -0.39 is 0 Å². The number of hydrogen-bond donors (Lipinski definition) is 2. The van der Waals surface area contributed by atoms with E-state index in [9.17, 15) is 4.79 Å². The molecule has 0 spiro atoms. The number of anilines is 1. The van der Waals surface area contributed by atoms with Crippen LogP contribution in [0.3, 0.4) is 0 Å². The SMILES string of the molecule is CCCc1nc(Cl)cc(NCC(=O)NC(C)(C)C)n1. The molecule has 0 aromatic carbocycles. The number of aromatic nitrogens is 2. The Kier molecular flexibility index (Phi) is 5.54. The molecule has 0 aliphatic rings. The van der Waals surface area contributed by atoms with Gasteiger partial charge in [-0.25, -0.2) is 9.97 Å². The van der Waals surface area contributed by atoms with Crippen molar-refractivity contribution < 1.29 is 4.79 Å². The highest BCUT2D eigenvalue weighted by atomic mass is 35.5. The summed E-state index contributed by atoms with van der Waals surface area (Å²) >= 11 is 5.92. The second-order valence-electron chi connectivity index (χ2n) is 5.39. The number of aryl methyl sites for hydroxylation is 1. The number of nitrogens with one attached hydrogen (secondary N) is 2. The van der Waals surface area contributed by atoms with Crippen LogP contribution in [-0.2, 0) is 11.2 Å². The molecule has 0 saturated carbocycles. The maximum Gasteiger partial charge on any atom is 0.239 e. The Morgan fingerprint density at radius 3 is 2.63 bits per heavy atom. The lowest BCUT2D eigenvalue weighted by Crippen LogP contribution is -2.43. The molecular formula is C13H21ClN4O. The molecule has 2 N–H and O–H groups in total. The predicted octanol–water partition coefficient (Wildman–Crippen LogP) is 2.41. The molecule has 1 aromatic rings. The zero-order valence-corrected chi connectivity index (χ0v) is 12.6. The second-order valence-corrected chi connectivity index (χ2v) is 5.78. The van der Waals surface area contributed by atoms with Crippen molar-refractivity contribution >= 4 is 23.3 Å². The fourth-order valence-corrected chi connectivity index (χ4v) is 1.72. The van der Waals surface area contributed by atoms with E-state index in [1.165, 1.54) is 0 Å². The molecule has 1 rings (SSSR count). The third kappa shape index (κ3) is 6.38. The number of nitrogens with zero attached hydrogens (tertiary/aromatic N) is 2. The number of amides is 1. The summed E-state index contributed by atoms with van der Waals surface area (Å²) in [4.78, 5) is 20.1. The molecule has 0 aliphatic carbocycles. The first-order valence-corrected chi connectivity index (χ1v) is 6.76. The van der Waals surface area contributed by atoms with E-state index in [-0.39, 0.29) is 18.0 Å². The molecule has 0 aliphatic heterocycles. The monoisotopic (exact) mass is 284 g/mol. The normalized spacial score (nSPS) is 11.2. The molecule has 1 amide bonds. The molecule has 0 atom stereocenters. The van der Waals surface area contributed by atoms with Crippen molar-refractivity contribution in [2.45, 2.75) is 46.1 Å². The van der Waals surface area contributed by atoms with E-state index in [1.807, 2.05) is 27.7 Å². The van der Waals surface area contributed by atoms with Crippen molar-refractivity contribution in [2.24, 2.45) is 0 Å². The predicted molar refractivity (Wildman–Crippen MR) is 77.4 cm³/mol. The first kappa shape index (κ1) is 15.7. The number of halogens is 1. The molecule has 106 valence electrons. The van der Waals surface area contributed by atoms with Crippen molar-refractivity contribution in [3.05, 3.63) is 17.0 Å². The minimum Gasteiger partial charge on any atom is -0.361 e. The zero-order chi connectivity index (χ0) is 14.5. The van der Waals surface area contributed by atoms with Crippen molar-refractivity contribution in [2.75, 3.05) is 11.9 Å². The van der Waals surface area contributed by atoms with Gasteiger partial charge in [-0.2, -0.15) is 0 Å². The number of carbonyl (C=O) groups is 1.